The zero-order valence-electron chi connectivity index (χ0n) is 8.90. The van der Waals surface area contributed by atoms with Crippen LogP contribution in [0.3, 0.4) is 0 Å². The first-order chi connectivity index (χ1) is 7.78. The minimum Gasteiger partial charge on any atom is -0.257 e. The minimum atomic E-state index is 0.740. The third-order valence-corrected chi connectivity index (χ3v) is 4.52. The van der Waals surface area contributed by atoms with E-state index in [0.717, 1.165) is 20.5 Å². The summed E-state index contributed by atoms with van der Waals surface area (Å²) >= 11 is 8.23. The van der Waals surface area contributed by atoms with Crippen molar-refractivity contribution in [3.05, 3.63) is 39.3 Å². The average molecular weight is 268 g/mol. The van der Waals surface area contributed by atoms with Gasteiger partial charge < -0.3 is 0 Å². The van der Waals surface area contributed by atoms with Crippen molar-refractivity contribution in [2.45, 2.75) is 23.4 Å². The number of aromatic amines is 1. The molecule has 0 bridgehead atoms. The van der Waals surface area contributed by atoms with Gasteiger partial charge in [-0.05, 0) is 29.8 Å². The molecule has 1 aromatic heterocycles. The van der Waals surface area contributed by atoms with Gasteiger partial charge in [0.2, 0.25) is 0 Å². The van der Waals surface area contributed by atoms with Crippen LogP contribution in [0.5, 0.6) is 0 Å². The number of rotatable bonds is 4. The Kier molecular flexibility index (Phi) is 4.15. The molecule has 0 radical (unpaired) electrons. The molecule has 84 valence electrons. The van der Waals surface area contributed by atoms with Crippen LogP contribution < -0.4 is 0 Å². The zero-order chi connectivity index (χ0) is 11.4. The number of benzene rings is 1. The summed E-state index contributed by atoms with van der Waals surface area (Å²) in [6, 6.07) is 8.72. The summed E-state index contributed by atoms with van der Waals surface area (Å²) in [5.74, 6) is 0.945. The smallest absolute Gasteiger partial charge is 0.177 e. The molecule has 0 unspecified atom stereocenters. The summed E-state index contributed by atoms with van der Waals surface area (Å²) in [6.07, 6.45) is 1.09. The maximum absolute atomic E-state index is 4.98. The standard InChI is InChI=1S/C11H12N2S3/c1-2-8-3-5-9(6-4-8)7-15-11-13-12-10(14)16-11/h3-6H,2,7H2,1H3,(H,12,14). The Morgan fingerprint density at radius 3 is 2.56 bits per heavy atom. The fourth-order valence-electron chi connectivity index (χ4n) is 1.29. The van der Waals surface area contributed by atoms with Crippen LogP contribution in [-0.2, 0) is 12.2 Å². The van der Waals surface area contributed by atoms with E-state index in [1.807, 2.05) is 0 Å². The van der Waals surface area contributed by atoms with Gasteiger partial charge in [0, 0.05) is 5.75 Å². The molecule has 0 aliphatic rings. The second-order valence-electron chi connectivity index (χ2n) is 3.34. The molecule has 0 aliphatic heterocycles. The summed E-state index contributed by atoms with van der Waals surface area (Å²) in [5.41, 5.74) is 2.70. The predicted molar refractivity (Wildman–Crippen MR) is 72.7 cm³/mol. The highest BCUT2D eigenvalue weighted by Crippen LogP contribution is 2.24. The third kappa shape index (κ3) is 3.17. The molecule has 0 saturated carbocycles. The van der Waals surface area contributed by atoms with Gasteiger partial charge in [-0.25, -0.2) is 0 Å². The molecule has 0 atom stereocenters. The Balaban J connectivity index is 1.96. The first kappa shape index (κ1) is 11.8. The fraction of sp³-hybridized carbons (Fsp3) is 0.273. The summed E-state index contributed by atoms with van der Waals surface area (Å²) in [6.45, 7) is 2.17. The van der Waals surface area contributed by atoms with Crippen LogP contribution in [0.2, 0.25) is 0 Å². The van der Waals surface area contributed by atoms with Crippen molar-refractivity contribution >= 4 is 35.3 Å². The monoisotopic (exact) mass is 268 g/mol. The van der Waals surface area contributed by atoms with Crippen LogP contribution in [-0.4, -0.2) is 10.2 Å². The summed E-state index contributed by atoms with van der Waals surface area (Å²) < 4.78 is 1.74. The Hall–Kier alpha value is -0.650. The van der Waals surface area contributed by atoms with Gasteiger partial charge in [0.1, 0.15) is 0 Å². The van der Waals surface area contributed by atoms with Crippen LogP contribution in [0, 0.1) is 3.95 Å². The molecule has 0 saturated heterocycles. The first-order valence-corrected chi connectivity index (χ1v) is 7.25. The first-order valence-electron chi connectivity index (χ1n) is 5.04. The Labute approximate surface area is 108 Å². The van der Waals surface area contributed by atoms with Gasteiger partial charge in [-0.1, -0.05) is 54.3 Å². The number of aromatic nitrogens is 2. The van der Waals surface area contributed by atoms with Crippen molar-refractivity contribution in [3.63, 3.8) is 0 Å². The van der Waals surface area contributed by atoms with E-state index in [0.29, 0.717) is 0 Å². The highest BCUT2D eigenvalue weighted by molar-refractivity contribution is 8.00. The minimum absolute atomic E-state index is 0.740. The van der Waals surface area contributed by atoms with Gasteiger partial charge in [0.25, 0.3) is 0 Å². The molecule has 2 aromatic rings. The molecule has 1 N–H and O–H groups in total. The van der Waals surface area contributed by atoms with E-state index in [9.17, 15) is 0 Å². The van der Waals surface area contributed by atoms with Gasteiger partial charge >= 0.3 is 0 Å². The van der Waals surface area contributed by atoms with E-state index < -0.39 is 0 Å². The maximum Gasteiger partial charge on any atom is 0.177 e. The van der Waals surface area contributed by atoms with Crippen LogP contribution in [0.1, 0.15) is 18.1 Å². The van der Waals surface area contributed by atoms with Crippen molar-refractivity contribution in [1.82, 2.24) is 10.2 Å². The Morgan fingerprint density at radius 2 is 2.00 bits per heavy atom. The lowest BCUT2D eigenvalue weighted by Gasteiger charge is -2.00. The largest absolute Gasteiger partial charge is 0.257 e. The molecule has 0 spiro atoms. The summed E-state index contributed by atoms with van der Waals surface area (Å²) in [4.78, 5) is 0. The Morgan fingerprint density at radius 1 is 1.31 bits per heavy atom. The highest BCUT2D eigenvalue weighted by atomic mass is 32.2. The normalized spacial score (nSPS) is 10.6. The van der Waals surface area contributed by atoms with Crippen LogP contribution >= 0.6 is 35.3 Å². The van der Waals surface area contributed by atoms with Crippen LogP contribution in [0.25, 0.3) is 0 Å². The fourth-order valence-corrected chi connectivity index (χ4v) is 3.33. The molecular weight excluding hydrogens is 256 g/mol. The number of hydrogen-bond donors (Lipinski definition) is 1. The van der Waals surface area contributed by atoms with E-state index in [1.54, 1.807) is 11.8 Å². The maximum atomic E-state index is 4.98. The van der Waals surface area contributed by atoms with Crippen molar-refractivity contribution in [2.75, 3.05) is 0 Å². The van der Waals surface area contributed by atoms with Crippen LogP contribution in [0.4, 0.5) is 0 Å². The van der Waals surface area contributed by atoms with E-state index in [2.05, 4.69) is 41.4 Å². The zero-order valence-corrected chi connectivity index (χ0v) is 11.3. The highest BCUT2D eigenvalue weighted by Gasteiger charge is 2.00. The molecule has 1 aromatic carbocycles. The van der Waals surface area contributed by atoms with E-state index in [4.69, 9.17) is 12.2 Å². The van der Waals surface area contributed by atoms with Crippen molar-refractivity contribution < 1.29 is 0 Å². The lowest BCUT2D eigenvalue weighted by atomic mass is 10.1. The molecule has 1 heterocycles. The molecule has 0 fully saturated rings. The lowest BCUT2D eigenvalue weighted by Crippen LogP contribution is -1.83. The molecule has 2 nitrogen and oxygen atoms in total. The second kappa shape index (κ2) is 5.61. The van der Waals surface area contributed by atoms with Crippen molar-refractivity contribution in [1.29, 1.82) is 0 Å². The SMILES string of the molecule is CCc1ccc(CSc2n[nH]c(=S)s2)cc1. The topological polar surface area (TPSA) is 28.7 Å². The number of aryl methyl sites for hydroxylation is 1. The molecule has 0 aliphatic carbocycles. The van der Waals surface area contributed by atoms with Gasteiger partial charge in [0.05, 0.1) is 0 Å². The third-order valence-electron chi connectivity index (χ3n) is 2.21. The number of nitrogens with one attached hydrogen (secondary N) is 1. The lowest BCUT2D eigenvalue weighted by molar-refractivity contribution is 1.00. The van der Waals surface area contributed by atoms with Crippen molar-refractivity contribution in [2.24, 2.45) is 0 Å². The second-order valence-corrected chi connectivity index (χ2v) is 6.23. The summed E-state index contributed by atoms with van der Waals surface area (Å²) in [5, 5.41) is 6.90. The van der Waals surface area contributed by atoms with Gasteiger partial charge in [-0.2, -0.15) is 5.10 Å². The van der Waals surface area contributed by atoms with Crippen molar-refractivity contribution in [3.8, 4) is 0 Å². The van der Waals surface area contributed by atoms with Gasteiger partial charge in [0.15, 0.2) is 8.29 Å². The molecular formula is C11H12N2S3. The predicted octanol–water partition coefficient (Wildman–Crippen LogP) is 4.06. The molecule has 5 heteroatoms. The quantitative estimate of drug-likeness (QED) is 0.670. The average Bonchev–Trinajstić information content (AvgIpc) is 2.73. The van der Waals surface area contributed by atoms with Gasteiger partial charge in [-0.15, -0.1) is 0 Å². The van der Waals surface area contributed by atoms with Crippen LogP contribution in [0.15, 0.2) is 28.6 Å². The van der Waals surface area contributed by atoms with E-state index in [1.165, 1.54) is 22.5 Å². The number of H-pyrrole nitrogens is 1. The van der Waals surface area contributed by atoms with Gasteiger partial charge in [-0.3, -0.25) is 5.10 Å². The number of thioether (sulfide) groups is 1. The molecule has 0 amide bonds. The number of nitrogens with zero attached hydrogens (tertiary/aromatic N) is 1. The summed E-state index contributed by atoms with van der Waals surface area (Å²) in [7, 11) is 0. The molecule has 2 rings (SSSR count). The number of hydrogen-bond acceptors (Lipinski definition) is 4. The Bertz CT molecular complexity index is 498. The van der Waals surface area contributed by atoms with E-state index >= 15 is 0 Å². The van der Waals surface area contributed by atoms with E-state index in [-0.39, 0.29) is 0 Å². The molecule has 16 heavy (non-hydrogen) atoms.